The molecule has 3 unspecified atom stereocenters. The number of halogens is 3. The van der Waals surface area contributed by atoms with Crippen LogP contribution in [-0.2, 0) is 16.0 Å². The molecule has 0 radical (unpaired) electrons. The van der Waals surface area contributed by atoms with E-state index in [0.717, 1.165) is 30.0 Å². The van der Waals surface area contributed by atoms with Crippen LogP contribution in [0.3, 0.4) is 0 Å². The summed E-state index contributed by atoms with van der Waals surface area (Å²) in [6.45, 7) is 3.20. The van der Waals surface area contributed by atoms with Crippen LogP contribution in [0.15, 0.2) is 35.1 Å². The summed E-state index contributed by atoms with van der Waals surface area (Å²) < 4.78 is 20.6. The fraction of sp³-hybridized carbons (Fsp3) is 0.393. The summed E-state index contributed by atoms with van der Waals surface area (Å²) in [5.41, 5.74) is 1.54. The number of amides is 2. The number of piperidine rings is 1. The standard InChI is InChI=1S/C28H27Cl2FN4O4/c1-14-26-15(6-17(29)9-21(26)30)4-5-34(14)25(36)11-32-23-7-16-8-24(33-27(37)20(16)10-22(23)31)28(38)35-12-19-3-2-18(35)13-39-19/h6-10,14,18-19,32H,2-5,11-13H2,1H3,(H,33,37). The van der Waals surface area contributed by atoms with Gasteiger partial charge in [-0.1, -0.05) is 23.2 Å². The lowest BCUT2D eigenvalue weighted by Gasteiger charge is -2.44. The normalized spacial score (nSPS) is 22.2. The van der Waals surface area contributed by atoms with Crippen LogP contribution in [0.2, 0.25) is 10.0 Å². The Kier molecular flexibility index (Phi) is 6.77. The molecule has 11 heteroatoms. The van der Waals surface area contributed by atoms with E-state index in [-0.39, 0.29) is 53.3 Å². The van der Waals surface area contributed by atoms with Gasteiger partial charge in [0.15, 0.2) is 0 Å². The molecule has 1 aromatic heterocycles. The summed E-state index contributed by atoms with van der Waals surface area (Å²) in [5, 5.41) is 4.47. The van der Waals surface area contributed by atoms with Gasteiger partial charge in [-0.3, -0.25) is 14.4 Å². The van der Waals surface area contributed by atoms with Gasteiger partial charge in [0, 0.05) is 23.1 Å². The number of fused-ring (bicyclic) bond motifs is 5. The van der Waals surface area contributed by atoms with Crippen LogP contribution in [-0.4, -0.2) is 65.0 Å². The van der Waals surface area contributed by atoms with Crippen molar-refractivity contribution in [1.29, 1.82) is 0 Å². The molecule has 39 heavy (non-hydrogen) atoms. The molecule has 0 saturated carbocycles. The topological polar surface area (TPSA) is 94.7 Å². The van der Waals surface area contributed by atoms with Crippen molar-refractivity contribution in [1.82, 2.24) is 14.8 Å². The largest absolute Gasteiger partial charge is 0.374 e. The summed E-state index contributed by atoms with van der Waals surface area (Å²) in [4.78, 5) is 45.2. The Morgan fingerprint density at radius 2 is 1.97 bits per heavy atom. The Morgan fingerprint density at radius 1 is 1.15 bits per heavy atom. The maximum absolute atomic E-state index is 14.9. The fourth-order valence-corrected chi connectivity index (χ4v) is 6.70. The second-order valence-corrected chi connectivity index (χ2v) is 11.2. The van der Waals surface area contributed by atoms with Gasteiger partial charge >= 0.3 is 0 Å². The first-order valence-corrected chi connectivity index (χ1v) is 13.8. The molecule has 204 valence electrons. The molecule has 0 spiro atoms. The van der Waals surface area contributed by atoms with Crippen LogP contribution < -0.4 is 10.9 Å². The number of benzene rings is 2. The summed E-state index contributed by atoms with van der Waals surface area (Å²) >= 11 is 12.6. The lowest BCUT2D eigenvalue weighted by Crippen LogP contribution is -2.56. The molecule has 0 aliphatic carbocycles. The Bertz CT molecular complexity index is 1550. The van der Waals surface area contributed by atoms with E-state index in [2.05, 4.69) is 10.3 Å². The number of aromatic amines is 1. The van der Waals surface area contributed by atoms with Gasteiger partial charge in [0.25, 0.3) is 11.5 Å². The Morgan fingerprint density at radius 3 is 2.69 bits per heavy atom. The zero-order valence-electron chi connectivity index (χ0n) is 21.2. The molecule has 5 heterocycles. The van der Waals surface area contributed by atoms with Crippen molar-refractivity contribution in [3.05, 3.63) is 73.4 Å². The Labute approximate surface area is 234 Å². The second-order valence-electron chi connectivity index (χ2n) is 10.4. The summed E-state index contributed by atoms with van der Waals surface area (Å²) in [5.74, 6) is -1.16. The van der Waals surface area contributed by atoms with E-state index in [9.17, 15) is 18.8 Å². The number of hydrogen-bond acceptors (Lipinski definition) is 5. The molecule has 3 atom stereocenters. The number of morpholine rings is 1. The van der Waals surface area contributed by atoms with Crippen LogP contribution in [0, 0.1) is 5.82 Å². The summed E-state index contributed by atoms with van der Waals surface area (Å²) in [6, 6.07) is 7.39. The second kappa shape index (κ2) is 10.1. The lowest BCUT2D eigenvalue weighted by molar-refractivity contribution is -0.131. The number of anilines is 1. The van der Waals surface area contributed by atoms with E-state index >= 15 is 0 Å². The van der Waals surface area contributed by atoms with Crippen LogP contribution >= 0.6 is 23.2 Å². The van der Waals surface area contributed by atoms with Crippen LogP contribution in [0.25, 0.3) is 10.8 Å². The van der Waals surface area contributed by atoms with Crippen molar-refractivity contribution in [3.63, 3.8) is 0 Å². The molecule has 2 N–H and O–H groups in total. The highest BCUT2D eigenvalue weighted by Gasteiger charge is 2.38. The van der Waals surface area contributed by atoms with Gasteiger partial charge in [-0.25, -0.2) is 4.39 Å². The molecule has 2 bridgehead atoms. The number of carbonyl (C=O) groups excluding carboxylic acids is 2. The molecule has 7 rings (SSSR count). The van der Waals surface area contributed by atoms with Crippen LogP contribution in [0.4, 0.5) is 10.1 Å². The molecular weight excluding hydrogens is 546 g/mol. The van der Waals surface area contributed by atoms with Crippen LogP contribution in [0.5, 0.6) is 0 Å². The minimum Gasteiger partial charge on any atom is -0.374 e. The van der Waals surface area contributed by atoms with Crippen molar-refractivity contribution >= 4 is 51.5 Å². The molecule has 2 amide bonds. The number of ether oxygens (including phenoxy) is 1. The molecular formula is C28H27Cl2FN4O4. The minimum atomic E-state index is -0.667. The van der Waals surface area contributed by atoms with E-state index in [4.69, 9.17) is 27.9 Å². The van der Waals surface area contributed by atoms with Crippen molar-refractivity contribution in [3.8, 4) is 0 Å². The highest BCUT2D eigenvalue weighted by molar-refractivity contribution is 6.35. The van der Waals surface area contributed by atoms with E-state index < -0.39 is 11.4 Å². The average molecular weight is 573 g/mol. The van der Waals surface area contributed by atoms with Crippen LogP contribution in [0.1, 0.15) is 47.4 Å². The zero-order valence-corrected chi connectivity index (χ0v) is 22.7. The van der Waals surface area contributed by atoms with E-state index in [0.29, 0.717) is 41.5 Å². The Hall–Kier alpha value is -3.14. The van der Waals surface area contributed by atoms with E-state index in [1.165, 1.54) is 6.07 Å². The monoisotopic (exact) mass is 572 g/mol. The first-order chi connectivity index (χ1) is 18.7. The predicted molar refractivity (Wildman–Crippen MR) is 147 cm³/mol. The van der Waals surface area contributed by atoms with Crippen molar-refractivity contribution in [2.45, 2.75) is 44.4 Å². The molecule has 3 fully saturated rings. The molecule has 2 aromatic carbocycles. The minimum absolute atomic E-state index is 0.0125. The Balaban J connectivity index is 1.21. The lowest BCUT2D eigenvalue weighted by atomic mass is 9.93. The number of nitrogens with zero attached hydrogens (tertiary/aromatic N) is 2. The quantitative estimate of drug-likeness (QED) is 0.479. The zero-order chi connectivity index (χ0) is 27.4. The molecule has 3 saturated heterocycles. The third-order valence-electron chi connectivity index (χ3n) is 8.05. The molecule has 8 nitrogen and oxygen atoms in total. The predicted octanol–water partition coefficient (Wildman–Crippen LogP) is 4.54. The number of carbonyl (C=O) groups is 2. The first kappa shape index (κ1) is 26.1. The van der Waals surface area contributed by atoms with Gasteiger partial charge in [0.05, 0.1) is 42.4 Å². The smallest absolute Gasteiger partial charge is 0.270 e. The SMILES string of the molecule is CC1c2c(Cl)cc(Cl)cc2CCN1C(=O)CNc1cc2cc(C(=O)N3CC4CCC3CO4)[nH]c(=O)c2cc1F. The molecule has 3 aromatic rings. The fourth-order valence-electron chi connectivity index (χ4n) is 6.01. The highest BCUT2D eigenvalue weighted by Crippen LogP contribution is 2.37. The number of hydrogen-bond donors (Lipinski definition) is 2. The van der Waals surface area contributed by atoms with Gasteiger partial charge < -0.3 is 24.8 Å². The first-order valence-electron chi connectivity index (χ1n) is 13.0. The number of rotatable bonds is 4. The summed E-state index contributed by atoms with van der Waals surface area (Å²) in [7, 11) is 0. The van der Waals surface area contributed by atoms with Gasteiger partial charge in [0.1, 0.15) is 11.5 Å². The maximum atomic E-state index is 14.9. The molecule has 4 aliphatic rings. The van der Waals surface area contributed by atoms with Gasteiger partial charge in [0.2, 0.25) is 5.91 Å². The van der Waals surface area contributed by atoms with Gasteiger partial charge in [-0.05, 0) is 73.0 Å². The maximum Gasteiger partial charge on any atom is 0.270 e. The number of H-pyrrole nitrogens is 1. The third-order valence-corrected chi connectivity index (χ3v) is 8.58. The van der Waals surface area contributed by atoms with E-state index in [1.807, 2.05) is 13.0 Å². The van der Waals surface area contributed by atoms with Crippen molar-refractivity contribution in [2.24, 2.45) is 0 Å². The van der Waals surface area contributed by atoms with Gasteiger partial charge in [-0.2, -0.15) is 0 Å². The molecule has 4 aliphatic heterocycles. The number of aromatic nitrogens is 1. The summed E-state index contributed by atoms with van der Waals surface area (Å²) in [6.07, 6.45) is 2.40. The third kappa shape index (κ3) is 4.77. The van der Waals surface area contributed by atoms with E-state index in [1.54, 1.807) is 21.9 Å². The van der Waals surface area contributed by atoms with Gasteiger partial charge in [-0.15, -0.1) is 0 Å². The van der Waals surface area contributed by atoms with Crippen molar-refractivity contribution < 1.29 is 18.7 Å². The number of pyridine rings is 1. The average Bonchev–Trinajstić information content (AvgIpc) is 2.92. The number of nitrogens with one attached hydrogen (secondary N) is 2. The highest BCUT2D eigenvalue weighted by atomic mass is 35.5. The van der Waals surface area contributed by atoms with Crippen molar-refractivity contribution in [2.75, 3.05) is 31.6 Å².